The van der Waals surface area contributed by atoms with Gasteiger partial charge in [-0.1, -0.05) is 35.9 Å². The minimum Gasteiger partial charge on any atom is -0.443 e. The summed E-state index contributed by atoms with van der Waals surface area (Å²) in [4.78, 5) is 26.7. The van der Waals surface area contributed by atoms with Crippen molar-refractivity contribution in [1.82, 2.24) is 4.90 Å². The van der Waals surface area contributed by atoms with E-state index < -0.39 is 11.7 Å². The summed E-state index contributed by atoms with van der Waals surface area (Å²) in [5.41, 5.74) is 1.44. The number of hydrogen-bond donors (Lipinski definition) is 0. The number of halogens is 1. The molecule has 4 nitrogen and oxygen atoms in total. The average Bonchev–Trinajstić information content (AvgIpc) is 3.08. The highest BCUT2D eigenvalue weighted by Gasteiger charge is 2.69. The molecule has 0 unspecified atom stereocenters. The second-order valence-corrected chi connectivity index (χ2v) is 7.88. The van der Waals surface area contributed by atoms with Gasteiger partial charge in [0.15, 0.2) is 0 Å². The second-order valence-electron chi connectivity index (χ2n) is 7.50. The van der Waals surface area contributed by atoms with E-state index in [1.807, 2.05) is 45.0 Å². The maximum atomic E-state index is 12.6. The van der Waals surface area contributed by atoms with Crippen LogP contribution in [-0.2, 0) is 10.2 Å². The van der Waals surface area contributed by atoms with Gasteiger partial charge in [0.1, 0.15) is 10.6 Å². The molecule has 2 fully saturated rings. The number of ether oxygens (including phenoxy) is 1. The van der Waals surface area contributed by atoms with Gasteiger partial charge in [0.2, 0.25) is 5.78 Å². The Morgan fingerprint density at radius 2 is 2.04 bits per heavy atom. The summed E-state index contributed by atoms with van der Waals surface area (Å²) in [6.07, 6.45) is 0.506. The Hall–Kier alpha value is -1.81. The van der Waals surface area contributed by atoms with Crippen molar-refractivity contribution in [2.24, 2.45) is 5.92 Å². The normalized spacial score (nSPS) is 28.3. The number of carbonyl (C=O) groups excluding carboxylic acids is 2. The summed E-state index contributed by atoms with van der Waals surface area (Å²) in [5, 5.41) is 0.162. The molecule has 3 aliphatic rings. The van der Waals surface area contributed by atoms with Crippen molar-refractivity contribution < 1.29 is 14.3 Å². The number of hydrogen-bond acceptors (Lipinski definition) is 3. The highest BCUT2D eigenvalue weighted by molar-refractivity contribution is 6.46. The van der Waals surface area contributed by atoms with Gasteiger partial charge in [-0.25, -0.2) is 4.79 Å². The number of likely N-dealkylation sites (tertiary alicyclic amines) is 1. The van der Waals surface area contributed by atoms with Crippen molar-refractivity contribution in [2.45, 2.75) is 38.2 Å². The maximum Gasteiger partial charge on any atom is 0.414 e. The van der Waals surface area contributed by atoms with Crippen LogP contribution in [0.2, 0.25) is 0 Å². The fraction of sp³-hybridized carbons (Fsp3) is 0.444. The van der Waals surface area contributed by atoms with Crippen molar-refractivity contribution >= 4 is 23.5 Å². The van der Waals surface area contributed by atoms with Crippen LogP contribution in [0, 0.1) is 5.92 Å². The Labute approximate surface area is 140 Å². The Balaban J connectivity index is 1.80. The monoisotopic (exact) mass is 331 g/mol. The summed E-state index contributed by atoms with van der Waals surface area (Å²) in [7, 11) is 0. The SMILES string of the molecule is CC(C)(C)OC(=O)N1C[C@H]2C[C@@]23C1=C(Cl)C(=O)c1ccccc13. The molecule has 2 atom stereocenters. The van der Waals surface area contributed by atoms with Gasteiger partial charge in [0, 0.05) is 17.5 Å². The lowest BCUT2D eigenvalue weighted by molar-refractivity contribution is 0.0321. The molecule has 1 saturated heterocycles. The van der Waals surface area contributed by atoms with Crippen molar-refractivity contribution in [3.05, 3.63) is 46.1 Å². The van der Waals surface area contributed by atoms with Crippen LogP contribution in [0.5, 0.6) is 0 Å². The number of fused-ring (bicyclic) bond motifs is 1. The van der Waals surface area contributed by atoms with Gasteiger partial charge in [0.25, 0.3) is 0 Å². The molecule has 0 N–H and O–H groups in total. The van der Waals surface area contributed by atoms with E-state index in [2.05, 4.69) is 0 Å². The quantitative estimate of drug-likeness (QED) is 0.725. The molecule has 5 heteroatoms. The first-order chi connectivity index (χ1) is 10.8. The fourth-order valence-electron chi connectivity index (χ4n) is 3.94. The number of piperidine rings is 1. The number of benzene rings is 1. The molecule has 1 aromatic carbocycles. The number of carbonyl (C=O) groups is 2. The molecule has 2 aliphatic carbocycles. The molecule has 1 saturated carbocycles. The van der Waals surface area contributed by atoms with Crippen molar-refractivity contribution in [2.75, 3.05) is 6.54 Å². The molecule has 120 valence electrons. The summed E-state index contributed by atoms with van der Waals surface area (Å²) < 4.78 is 5.49. The van der Waals surface area contributed by atoms with Gasteiger partial charge in [-0.2, -0.15) is 0 Å². The number of ketones is 1. The highest BCUT2D eigenvalue weighted by Crippen LogP contribution is 2.68. The summed E-state index contributed by atoms with van der Waals surface area (Å²) in [6.45, 7) is 6.04. The predicted molar refractivity (Wildman–Crippen MR) is 86.4 cm³/mol. The summed E-state index contributed by atoms with van der Waals surface area (Å²) in [6, 6.07) is 7.58. The lowest BCUT2D eigenvalue weighted by Crippen LogP contribution is -2.38. The van der Waals surface area contributed by atoms with Crippen LogP contribution in [0.4, 0.5) is 4.79 Å². The lowest BCUT2D eigenvalue weighted by Gasteiger charge is -2.32. The topological polar surface area (TPSA) is 46.6 Å². The second kappa shape index (κ2) is 4.38. The van der Waals surface area contributed by atoms with Gasteiger partial charge < -0.3 is 4.74 Å². The van der Waals surface area contributed by atoms with Crippen molar-refractivity contribution in [3.63, 3.8) is 0 Å². The Morgan fingerprint density at radius 1 is 1.35 bits per heavy atom. The van der Waals surface area contributed by atoms with E-state index in [4.69, 9.17) is 16.3 Å². The number of amides is 1. The zero-order valence-electron chi connectivity index (χ0n) is 13.4. The number of allylic oxidation sites excluding steroid dienone is 2. The minimum atomic E-state index is -0.583. The first kappa shape index (κ1) is 14.8. The zero-order valence-corrected chi connectivity index (χ0v) is 14.1. The average molecular weight is 332 g/mol. The third-order valence-corrected chi connectivity index (χ3v) is 5.22. The summed E-state index contributed by atoms with van der Waals surface area (Å²) in [5.74, 6) is 0.108. The van der Waals surface area contributed by atoms with Gasteiger partial charge >= 0.3 is 6.09 Å². The molecule has 1 aliphatic heterocycles. The largest absolute Gasteiger partial charge is 0.443 e. The third kappa shape index (κ3) is 1.91. The first-order valence-corrected chi connectivity index (χ1v) is 8.18. The van der Waals surface area contributed by atoms with Gasteiger partial charge in [0.05, 0.1) is 5.70 Å². The molecule has 0 aromatic heterocycles. The molecule has 1 spiro atoms. The van der Waals surface area contributed by atoms with Gasteiger partial charge in [-0.3, -0.25) is 9.69 Å². The van der Waals surface area contributed by atoms with Crippen LogP contribution in [-0.4, -0.2) is 28.9 Å². The summed E-state index contributed by atoms with van der Waals surface area (Å²) >= 11 is 6.40. The minimum absolute atomic E-state index is 0.162. The number of nitrogens with zero attached hydrogens (tertiary/aromatic N) is 1. The fourth-order valence-corrected chi connectivity index (χ4v) is 4.32. The van der Waals surface area contributed by atoms with Gasteiger partial charge in [-0.05, 0) is 38.7 Å². The molecule has 4 rings (SSSR count). The molecule has 1 amide bonds. The molecular formula is C18H18ClNO3. The van der Waals surface area contributed by atoms with Gasteiger partial charge in [-0.15, -0.1) is 0 Å². The molecular weight excluding hydrogens is 314 g/mol. The number of rotatable bonds is 0. The molecule has 0 radical (unpaired) electrons. The third-order valence-electron chi connectivity index (χ3n) is 4.87. The van der Waals surface area contributed by atoms with E-state index >= 15 is 0 Å². The van der Waals surface area contributed by atoms with Crippen molar-refractivity contribution in [1.29, 1.82) is 0 Å². The van der Waals surface area contributed by atoms with E-state index in [9.17, 15) is 9.59 Å². The van der Waals surface area contributed by atoms with Crippen LogP contribution in [0.1, 0.15) is 43.1 Å². The predicted octanol–water partition coefficient (Wildman–Crippen LogP) is 3.84. The first-order valence-electron chi connectivity index (χ1n) is 7.80. The van der Waals surface area contributed by atoms with Crippen LogP contribution in [0.15, 0.2) is 35.0 Å². The van der Waals surface area contributed by atoms with Crippen molar-refractivity contribution in [3.8, 4) is 0 Å². The lowest BCUT2D eigenvalue weighted by atomic mass is 9.81. The number of Topliss-reactive ketones (excluding diaryl/α,β-unsaturated/α-hetero) is 1. The van der Waals surface area contributed by atoms with E-state index in [-0.39, 0.29) is 16.2 Å². The molecule has 0 bridgehead atoms. The van der Waals surface area contributed by atoms with E-state index in [1.165, 1.54) is 0 Å². The van der Waals surface area contributed by atoms with Crippen LogP contribution in [0.3, 0.4) is 0 Å². The molecule has 1 heterocycles. The van der Waals surface area contributed by atoms with E-state index in [1.54, 1.807) is 4.90 Å². The smallest absolute Gasteiger partial charge is 0.414 e. The van der Waals surface area contributed by atoms with Crippen LogP contribution >= 0.6 is 11.6 Å². The van der Waals surface area contributed by atoms with E-state index in [0.717, 1.165) is 12.0 Å². The molecule has 1 aromatic rings. The zero-order chi connectivity index (χ0) is 16.6. The van der Waals surface area contributed by atoms with Crippen LogP contribution < -0.4 is 0 Å². The molecule has 23 heavy (non-hydrogen) atoms. The Kier molecular flexibility index (Phi) is 2.81. The highest BCUT2D eigenvalue weighted by atomic mass is 35.5. The standard InChI is InChI=1S/C18H18ClNO3/c1-17(2,3)23-16(22)20-9-10-8-18(10)12-7-5-4-6-11(12)14(21)13(19)15(18)20/h4-7,10H,8-9H2,1-3H3/t10-,18-/m1/s1. The Morgan fingerprint density at radius 3 is 2.74 bits per heavy atom. The maximum absolute atomic E-state index is 12.6. The Bertz CT molecular complexity index is 777. The van der Waals surface area contributed by atoms with E-state index in [0.29, 0.717) is 23.7 Å². The van der Waals surface area contributed by atoms with Crippen LogP contribution in [0.25, 0.3) is 0 Å².